The van der Waals surface area contributed by atoms with Crippen molar-refractivity contribution in [3.63, 3.8) is 0 Å². The Morgan fingerprint density at radius 3 is 2.46 bits per heavy atom. The Labute approximate surface area is 77.5 Å². The number of hydrogen-bond donors (Lipinski definition) is 0. The zero-order chi connectivity index (χ0) is 10.1. The fraction of sp³-hybridized carbons (Fsp3) is 0.375. The average molecular weight is 201 g/mol. The van der Waals surface area contributed by atoms with Crippen molar-refractivity contribution >= 4 is 9.84 Å². The summed E-state index contributed by atoms with van der Waals surface area (Å²) >= 11 is 0. The van der Waals surface area contributed by atoms with Crippen LogP contribution in [0.15, 0.2) is 17.2 Å². The SMILES string of the molecule is COc1ccnc(C)c1S(C)(=O)=O. The molecule has 5 heteroatoms. The van der Waals surface area contributed by atoms with E-state index in [9.17, 15) is 8.42 Å². The van der Waals surface area contributed by atoms with Crippen LogP contribution in [0, 0.1) is 6.92 Å². The number of pyridine rings is 1. The van der Waals surface area contributed by atoms with Crippen molar-refractivity contribution in [3.8, 4) is 5.75 Å². The molecule has 72 valence electrons. The first-order chi connectivity index (χ1) is 5.96. The Kier molecular flexibility index (Phi) is 2.56. The van der Waals surface area contributed by atoms with Gasteiger partial charge in [-0.3, -0.25) is 4.98 Å². The first kappa shape index (κ1) is 9.98. The van der Waals surface area contributed by atoms with Gasteiger partial charge in [-0.1, -0.05) is 0 Å². The summed E-state index contributed by atoms with van der Waals surface area (Å²) in [6.07, 6.45) is 2.66. The molecule has 1 rings (SSSR count). The molecular formula is C8H11NO3S. The normalized spacial score (nSPS) is 11.3. The summed E-state index contributed by atoms with van der Waals surface area (Å²) in [5.41, 5.74) is 0.460. The molecule has 4 nitrogen and oxygen atoms in total. The van der Waals surface area contributed by atoms with Gasteiger partial charge in [0.25, 0.3) is 0 Å². The third-order valence-corrected chi connectivity index (χ3v) is 2.88. The second-order valence-electron chi connectivity index (χ2n) is 2.70. The van der Waals surface area contributed by atoms with Gasteiger partial charge in [-0.2, -0.15) is 0 Å². The van der Waals surface area contributed by atoms with E-state index in [1.54, 1.807) is 6.92 Å². The molecule has 0 saturated heterocycles. The molecule has 0 amide bonds. The first-order valence-corrected chi connectivity index (χ1v) is 5.55. The molecule has 0 radical (unpaired) electrons. The largest absolute Gasteiger partial charge is 0.495 e. The maximum atomic E-state index is 11.3. The highest BCUT2D eigenvalue weighted by Crippen LogP contribution is 2.24. The highest BCUT2D eigenvalue weighted by atomic mass is 32.2. The first-order valence-electron chi connectivity index (χ1n) is 3.66. The summed E-state index contributed by atoms with van der Waals surface area (Å²) < 4.78 is 27.6. The lowest BCUT2D eigenvalue weighted by Gasteiger charge is -2.07. The van der Waals surface area contributed by atoms with E-state index in [0.717, 1.165) is 6.26 Å². The van der Waals surface area contributed by atoms with E-state index in [0.29, 0.717) is 11.4 Å². The van der Waals surface area contributed by atoms with Gasteiger partial charge in [0.1, 0.15) is 10.6 Å². The number of aryl methyl sites for hydroxylation is 1. The van der Waals surface area contributed by atoms with E-state index >= 15 is 0 Å². The lowest BCUT2D eigenvalue weighted by Crippen LogP contribution is -2.04. The molecule has 0 spiro atoms. The van der Waals surface area contributed by atoms with Crippen LogP contribution in [0.2, 0.25) is 0 Å². The van der Waals surface area contributed by atoms with Crippen LogP contribution in [-0.4, -0.2) is 26.8 Å². The van der Waals surface area contributed by atoms with E-state index in [1.807, 2.05) is 0 Å². The molecule has 0 aliphatic rings. The second-order valence-corrected chi connectivity index (χ2v) is 4.65. The smallest absolute Gasteiger partial charge is 0.180 e. The number of sulfone groups is 1. The summed E-state index contributed by atoms with van der Waals surface area (Å²) in [6.45, 7) is 1.64. The van der Waals surface area contributed by atoms with Gasteiger partial charge in [-0.25, -0.2) is 8.42 Å². The van der Waals surface area contributed by atoms with Crippen LogP contribution < -0.4 is 4.74 Å². The van der Waals surface area contributed by atoms with Crippen molar-refractivity contribution in [3.05, 3.63) is 18.0 Å². The molecule has 0 fully saturated rings. The Hall–Kier alpha value is -1.10. The van der Waals surface area contributed by atoms with Crippen molar-refractivity contribution in [2.75, 3.05) is 13.4 Å². The number of nitrogens with zero attached hydrogens (tertiary/aromatic N) is 1. The lowest BCUT2D eigenvalue weighted by molar-refractivity contribution is 0.401. The van der Waals surface area contributed by atoms with Crippen LogP contribution in [0.3, 0.4) is 0 Å². The van der Waals surface area contributed by atoms with Crippen molar-refractivity contribution < 1.29 is 13.2 Å². The van der Waals surface area contributed by atoms with E-state index in [-0.39, 0.29) is 4.90 Å². The van der Waals surface area contributed by atoms with Crippen molar-refractivity contribution in [1.82, 2.24) is 4.98 Å². The predicted molar refractivity (Wildman–Crippen MR) is 48.6 cm³/mol. The van der Waals surface area contributed by atoms with Gasteiger partial charge in [-0.05, 0) is 13.0 Å². The van der Waals surface area contributed by atoms with Crippen molar-refractivity contribution in [2.45, 2.75) is 11.8 Å². The molecule has 1 heterocycles. The minimum atomic E-state index is -3.26. The van der Waals surface area contributed by atoms with E-state index in [2.05, 4.69) is 4.98 Å². The Balaban J connectivity index is 3.50. The van der Waals surface area contributed by atoms with Gasteiger partial charge < -0.3 is 4.74 Å². The van der Waals surface area contributed by atoms with Crippen molar-refractivity contribution in [1.29, 1.82) is 0 Å². The minimum Gasteiger partial charge on any atom is -0.495 e. The Morgan fingerprint density at radius 2 is 2.08 bits per heavy atom. The third-order valence-electron chi connectivity index (χ3n) is 1.64. The summed E-state index contributed by atoms with van der Waals surface area (Å²) in [5, 5.41) is 0. The number of aromatic nitrogens is 1. The topological polar surface area (TPSA) is 56.3 Å². The highest BCUT2D eigenvalue weighted by molar-refractivity contribution is 7.90. The van der Waals surface area contributed by atoms with Gasteiger partial charge in [0.2, 0.25) is 0 Å². The summed E-state index contributed by atoms with van der Waals surface area (Å²) in [4.78, 5) is 4.06. The van der Waals surface area contributed by atoms with Gasteiger partial charge in [0.05, 0.1) is 12.8 Å². The molecule has 1 aromatic rings. The molecule has 13 heavy (non-hydrogen) atoms. The average Bonchev–Trinajstić information content (AvgIpc) is 2.01. The van der Waals surface area contributed by atoms with Crippen LogP contribution >= 0.6 is 0 Å². The molecule has 0 aliphatic carbocycles. The molecule has 0 aliphatic heterocycles. The van der Waals surface area contributed by atoms with Gasteiger partial charge in [-0.15, -0.1) is 0 Å². The van der Waals surface area contributed by atoms with E-state index in [1.165, 1.54) is 19.4 Å². The maximum Gasteiger partial charge on any atom is 0.180 e. The van der Waals surface area contributed by atoms with Crippen molar-refractivity contribution in [2.24, 2.45) is 0 Å². The summed E-state index contributed by atoms with van der Waals surface area (Å²) in [7, 11) is -1.83. The molecular weight excluding hydrogens is 190 g/mol. The molecule has 0 saturated carbocycles. The van der Waals surface area contributed by atoms with Gasteiger partial charge >= 0.3 is 0 Å². The zero-order valence-corrected chi connectivity index (χ0v) is 8.55. The standard InChI is InChI=1S/C8H11NO3S/c1-6-8(13(3,10)11)7(12-2)4-5-9-6/h4-5H,1-3H3. The molecule has 0 atom stereocenters. The van der Waals surface area contributed by atoms with Crippen LogP contribution in [0.5, 0.6) is 5.75 Å². The van der Waals surface area contributed by atoms with Crippen LogP contribution in [-0.2, 0) is 9.84 Å². The summed E-state index contributed by atoms with van der Waals surface area (Å²) in [6, 6.07) is 1.53. The number of rotatable bonds is 2. The molecule has 0 bridgehead atoms. The lowest BCUT2D eigenvalue weighted by atomic mass is 10.3. The Bertz CT molecular complexity index is 411. The third kappa shape index (κ3) is 1.98. The molecule has 0 aromatic carbocycles. The summed E-state index contributed by atoms with van der Waals surface area (Å²) in [5.74, 6) is 0.343. The fourth-order valence-corrected chi connectivity index (χ4v) is 2.25. The molecule has 0 N–H and O–H groups in total. The quantitative estimate of drug-likeness (QED) is 0.710. The fourth-order valence-electron chi connectivity index (χ4n) is 1.14. The van der Waals surface area contributed by atoms with E-state index in [4.69, 9.17) is 4.74 Å². The minimum absolute atomic E-state index is 0.164. The number of methoxy groups -OCH3 is 1. The monoisotopic (exact) mass is 201 g/mol. The molecule has 0 unspecified atom stereocenters. The number of ether oxygens (including phenoxy) is 1. The maximum absolute atomic E-state index is 11.3. The van der Waals surface area contributed by atoms with Crippen LogP contribution in [0.25, 0.3) is 0 Å². The number of hydrogen-bond acceptors (Lipinski definition) is 4. The Morgan fingerprint density at radius 1 is 1.46 bits per heavy atom. The van der Waals surface area contributed by atoms with Gasteiger partial charge in [0.15, 0.2) is 9.84 Å². The zero-order valence-electron chi connectivity index (χ0n) is 7.73. The van der Waals surface area contributed by atoms with E-state index < -0.39 is 9.84 Å². The highest BCUT2D eigenvalue weighted by Gasteiger charge is 2.17. The van der Waals surface area contributed by atoms with Gasteiger partial charge in [0, 0.05) is 12.5 Å². The second kappa shape index (κ2) is 3.33. The van der Waals surface area contributed by atoms with Crippen LogP contribution in [0.1, 0.15) is 5.69 Å². The molecule has 1 aromatic heterocycles. The predicted octanol–water partition coefficient (Wildman–Crippen LogP) is 0.802. The van der Waals surface area contributed by atoms with Crippen LogP contribution in [0.4, 0.5) is 0 Å².